The molecule has 0 unspecified atom stereocenters. The lowest BCUT2D eigenvalue weighted by Gasteiger charge is -2.09. The molecule has 0 aliphatic rings. The Bertz CT molecular complexity index is 1410. The lowest BCUT2D eigenvalue weighted by Crippen LogP contribution is -2.15. The van der Waals surface area contributed by atoms with Crippen LogP contribution in [0.15, 0.2) is 71.8 Å². The molecule has 1 N–H and O–H groups in total. The van der Waals surface area contributed by atoms with Crippen molar-refractivity contribution in [3.8, 4) is 0 Å². The number of anilines is 1. The zero-order valence-corrected chi connectivity index (χ0v) is 19.2. The number of nitrogens with one attached hydrogen (secondary N) is 1. The Kier molecular flexibility index (Phi) is 6.04. The van der Waals surface area contributed by atoms with Gasteiger partial charge < -0.3 is 5.32 Å². The Morgan fingerprint density at radius 3 is 2.50 bits per heavy atom. The first-order valence-electron chi connectivity index (χ1n) is 9.99. The number of amides is 1. The second-order valence-electron chi connectivity index (χ2n) is 7.81. The van der Waals surface area contributed by atoms with Crippen molar-refractivity contribution in [1.29, 1.82) is 0 Å². The molecule has 0 aliphatic heterocycles. The summed E-state index contributed by atoms with van der Waals surface area (Å²) in [5.41, 5.74) is 3.77. The summed E-state index contributed by atoms with van der Waals surface area (Å²) in [6.45, 7) is 2.53. The fourth-order valence-electron chi connectivity index (χ4n) is 3.50. The van der Waals surface area contributed by atoms with Crippen LogP contribution >= 0.6 is 11.6 Å². The fraction of sp³-hybridized carbons (Fsp3) is 0.167. The van der Waals surface area contributed by atoms with E-state index < -0.39 is 9.84 Å². The summed E-state index contributed by atoms with van der Waals surface area (Å²) in [5.74, 6) is -0.295. The molecule has 1 heterocycles. The summed E-state index contributed by atoms with van der Waals surface area (Å²) in [6, 6.07) is 18.3. The molecule has 0 fully saturated rings. The number of hydrogen-bond acceptors (Lipinski definition) is 4. The second-order valence-corrected chi connectivity index (χ2v) is 10.2. The fourth-order valence-corrected chi connectivity index (χ4v) is 4.60. The van der Waals surface area contributed by atoms with E-state index in [-0.39, 0.29) is 17.2 Å². The topological polar surface area (TPSA) is 81.1 Å². The standard InChI is InChI=1S/C24H22ClN3O3S/c1-16-7-9-17(10-8-16)14-28-15-20-22(27-28)12-19(13-23(20)32(2,30)31)26-24(29)11-18-5-3-4-6-21(18)25/h3-10,12-13,15H,11,14H2,1-2H3,(H,26,29). The van der Waals surface area contributed by atoms with Gasteiger partial charge in [0, 0.05) is 28.5 Å². The van der Waals surface area contributed by atoms with Gasteiger partial charge in [0.2, 0.25) is 5.91 Å². The minimum Gasteiger partial charge on any atom is -0.326 e. The molecule has 0 bridgehead atoms. The number of fused-ring (bicyclic) bond motifs is 1. The summed E-state index contributed by atoms with van der Waals surface area (Å²) in [4.78, 5) is 12.7. The third-order valence-corrected chi connectivity index (χ3v) is 6.60. The van der Waals surface area contributed by atoms with Gasteiger partial charge in [-0.1, -0.05) is 59.6 Å². The summed E-state index contributed by atoms with van der Waals surface area (Å²) >= 11 is 6.14. The first kappa shape index (κ1) is 22.0. The van der Waals surface area contributed by atoms with Gasteiger partial charge >= 0.3 is 0 Å². The van der Waals surface area contributed by atoms with E-state index in [0.717, 1.165) is 17.4 Å². The van der Waals surface area contributed by atoms with Gasteiger partial charge in [-0.25, -0.2) is 8.42 Å². The molecule has 6 nitrogen and oxygen atoms in total. The molecule has 0 radical (unpaired) electrons. The molecule has 0 saturated heterocycles. The van der Waals surface area contributed by atoms with Crippen molar-refractivity contribution in [1.82, 2.24) is 9.78 Å². The molecule has 4 aromatic rings. The monoisotopic (exact) mass is 467 g/mol. The van der Waals surface area contributed by atoms with E-state index in [1.807, 2.05) is 37.3 Å². The molecular weight excluding hydrogens is 446 g/mol. The van der Waals surface area contributed by atoms with Crippen LogP contribution < -0.4 is 5.32 Å². The molecule has 32 heavy (non-hydrogen) atoms. The van der Waals surface area contributed by atoms with Crippen LogP contribution in [0.2, 0.25) is 5.02 Å². The number of rotatable bonds is 6. The predicted molar refractivity (Wildman–Crippen MR) is 127 cm³/mol. The Labute approximate surface area is 191 Å². The van der Waals surface area contributed by atoms with Gasteiger partial charge in [-0.2, -0.15) is 5.10 Å². The Hall–Kier alpha value is -3.16. The quantitative estimate of drug-likeness (QED) is 0.448. The number of halogens is 1. The lowest BCUT2D eigenvalue weighted by atomic mass is 10.1. The number of carbonyl (C=O) groups excluding carboxylic acids is 1. The smallest absolute Gasteiger partial charge is 0.228 e. The third kappa shape index (κ3) is 5.00. The zero-order valence-electron chi connectivity index (χ0n) is 17.7. The molecule has 0 aliphatic carbocycles. The van der Waals surface area contributed by atoms with Gasteiger partial charge in [0.15, 0.2) is 9.84 Å². The average molecular weight is 468 g/mol. The van der Waals surface area contributed by atoms with E-state index >= 15 is 0 Å². The molecule has 1 amide bonds. The van der Waals surface area contributed by atoms with Crippen LogP contribution in [0, 0.1) is 6.92 Å². The van der Waals surface area contributed by atoms with Crippen LogP contribution in [0.25, 0.3) is 10.9 Å². The first-order chi connectivity index (χ1) is 15.2. The summed E-state index contributed by atoms with van der Waals surface area (Å²) in [7, 11) is -3.54. The highest BCUT2D eigenvalue weighted by Crippen LogP contribution is 2.28. The molecule has 1 aromatic heterocycles. The van der Waals surface area contributed by atoms with Crippen molar-refractivity contribution < 1.29 is 13.2 Å². The van der Waals surface area contributed by atoms with Crippen molar-refractivity contribution >= 4 is 43.9 Å². The van der Waals surface area contributed by atoms with Crippen LogP contribution in [0.3, 0.4) is 0 Å². The highest BCUT2D eigenvalue weighted by atomic mass is 35.5. The van der Waals surface area contributed by atoms with E-state index in [2.05, 4.69) is 10.4 Å². The van der Waals surface area contributed by atoms with Gasteiger partial charge in [-0.3, -0.25) is 9.48 Å². The van der Waals surface area contributed by atoms with E-state index in [9.17, 15) is 13.2 Å². The van der Waals surface area contributed by atoms with Crippen LogP contribution in [0.4, 0.5) is 5.69 Å². The second kappa shape index (κ2) is 8.76. The minimum absolute atomic E-state index is 0.0772. The van der Waals surface area contributed by atoms with Crippen molar-refractivity contribution in [3.05, 3.63) is 88.6 Å². The van der Waals surface area contributed by atoms with Crippen molar-refractivity contribution in [2.24, 2.45) is 0 Å². The summed E-state index contributed by atoms with van der Waals surface area (Å²) < 4.78 is 26.6. The number of aryl methyl sites for hydroxylation is 1. The highest BCUT2D eigenvalue weighted by molar-refractivity contribution is 7.91. The van der Waals surface area contributed by atoms with Gasteiger partial charge in [0.1, 0.15) is 0 Å². The van der Waals surface area contributed by atoms with Crippen molar-refractivity contribution in [2.75, 3.05) is 11.6 Å². The molecule has 4 rings (SSSR count). The van der Waals surface area contributed by atoms with E-state index in [0.29, 0.717) is 33.7 Å². The van der Waals surface area contributed by atoms with Crippen molar-refractivity contribution in [3.63, 3.8) is 0 Å². The third-order valence-electron chi connectivity index (χ3n) is 5.09. The maximum absolute atomic E-state index is 12.6. The Morgan fingerprint density at radius 1 is 1.09 bits per heavy atom. The van der Waals surface area contributed by atoms with Crippen LogP contribution in [-0.2, 0) is 27.6 Å². The largest absolute Gasteiger partial charge is 0.326 e. The molecule has 0 spiro atoms. The predicted octanol–water partition coefficient (Wildman–Crippen LogP) is 4.63. The van der Waals surface area contributed by atoms with E-state index in [1.54, 1.807) is 35.1 Å². The van der Waals surface area contributed by atoms with Gasteiger partial charge in [0.05, 0.1) is 23.4 Å². The van der Waals surface area contributed by atoms with Crippen LogP contribution in [0.1, 0.15) is 16.7 Å². The molecule has 0 atom stereocenters. The maximum Gasteiger partial charge on any atom is 0.228 e. The number of aromatic nitrogens is 2. The highest BCUT2D eigenvalue weighted by Gasteiger charge is 2.18. The number of sulfone groups is 1. The van der Waals surface area contributed by atoms with Gasteiger partial charge in [-0.05, 0) is 36.2 Å². The number of carbonyl (C=O) groups is 1. The summed E-state index contributed by atoms with van der Waals surface area (Å²) in [5, 5.41) is 8.35. The van der Waals surface area contributed by atoms with E-state index in [1.165, 1.54) is 6.07 Å². The lowest BCUT2D eigenvalue weighted by molar-refractivity contribution is -0.115. The number of nitrogens with zero attached hydrogens (tertiary/aromatic N) is 2. The van der Waals surface area contributed by atoms with Gasteiger partial charge in [-0.15, -0.1) is 0 Å². The molecule has 164 valence electrons. The van der Waals surface area contributed by atoms with Gasteiger partial charge in [0.25, 0.3) is 0 Å². The normalized spacial score (nSPS) is 11.6. The minimum atomic E-state index is -3.54. The SMILES string of the molecule is Cc1ccc(Cn2cc3c(S(C)(=O)=O)cc(NC(=O)Cc4ccccc4Cl)cc3n2)cc1. The Balaban J connectivity index is 1.65. The molecular formula is C24H22ClN3O3S. The van der Waals surface area contributed by atoms with Crippen molar-refractivity contribution in [2.45, 2.75) is 24.8 Å². The summed E-state index contributed by atoms with van der Waals surface area (Å²) in [6.07, 6.45) is 2.95. The number of hydrogen-bond donors (Lipinski definition) is 1. The van der Waals surface area contributed by atoms with Crippen LogP contribution in [-0.4, -0.2) is 30.4 Å². The van der Waals surface area contributed by atoms with Crippen LogP contribution in [0.5, 0.6) is 0 Å². The maximum atomic E-state index is 12.6. The average Bonchev–Trinajstić information content (AvgIpc) is 3.12. The zero-order chi connectivity index (χ0) is 22.9. The molecule has 3 aromatic carbocycles. The molecule has 8 heteroatoms. The van der Waals surface area contributed by atoms with E-state index in [4.69, 9.17) is 11.6 Å². The molecule has 0 saturated carbocycles. The number of benzene rings is 3. The Morgan fingerprint density at radius 2 is 1.81 bits per heavy atom. The first-order valence-corrected chi connectivity index (χ1v) is 12.3.